The summed E-state index contributed by atoms with van der Waals surface area (Å²) < 4.78 is 18.7. The highest BCUT2D eigenvalue weighted by molar-refractivity contribution is 5.83. The Balaban J connectivity index is 1.52. The summed E-state index contributed by atoms with van der Waals surface area (Å²) in [5.74, 6) is 0.619. The van der Waals surface area contributed by atoms with E-state index in [-0.39, 0.29) is 5.82 Å². The molecule has 148 valence electrons. The first kappa shape index (κ1) is 19.6. The minimum atomic E-state index is -0.218. The van der Waals surface area contributed by atoms with Crippen LogP contribution in [0.15, 0.2) is 29.4 Å². The lowest BCUT2D eigenvalue weighted by atomic mass is 10.1. The molecule has 1 aliphatic heterocycles. The van der Waals surface area contributed by atoms with Gasteiger partial charge in [0.05, 0.1) is 19.8 Å². The molecule has 1 aromatic carbocycles. The monoisotopic (exact) mass is 375 g/mol. The fourth-order valence-corrected chi connectivity index (χ4v) is 3.38. The topological polar surface area (TPSA) is 64.7 Å². The van der Waals surface area contributed by atoms with E-state index < -0.39 is 0 Å². The van der Waals surface area contributed by atoms with Gasteiger partial charge in [-0.05, 0) is 44.0 Å². The van der Waals surface area contributed by atoms with Crippen LogP contribution in [0.4, 0.5) is 4.39 Å². The molecular formula is C20H30FN5O. The zero-order valence-corrected chi connectivity index (χ0v) is 16.2. The molecule has 0 spiro atoms. The van der Waals surface area contributed by atoms with E-state index in [1.165, 1.54) is 17.7 Å². The summed E-state index contributed by atoms with van der Waals surface area (Å²) in [5.41, 5.74) is 2.01. The molecule has 6 nitrogen and oxygen atoms in total. The molecule has 0 aliphatic carbocycles. The third-order valence-corrected chi connectivity index (χ3v) is 4.94. The summed E-state index contributed by atoms with van der Waals surface area (Å²) in [7, 11) is 0. The van der Waals surface area contributed by atoms with Crippen LogP contribution < -0.4 is 10.6 Å². The largest absolute Gasteiger partial charge is 0.379 e. The lowest BCUT2D eigenvalue weighted by molar-refractivity contribution is 0.0220. The van der Waals surface area contributed by atoms with Crippen molar-refractivity contribution in [3.05, 3.63) is 35.8 Å². The van der Waals surface area contributed by atoms with Gasteiger partial charge in [-0.25, -0.2) is 4.39 Å². The van der Waals surface area contributed by atoms with E-state index >= 15 is 0 Å². The lowest BCUT2D eigenvalue weighted by Crippen LogP contribution is -2.44. The second-order valence-electron chi connectivity index (χ2n) is 6.90. The Labute approximate surface area is 160 Å². The minimum absolute atomic E-state index is 0.218. The second-order valence-corrected chi connectivity index (χ2v) is 6.90. The van der Waals surface area contributed by atoms with Gasteiger partial charge in [0.2, 0.25) is 0 Å². The molecule has 1 aromatic heterocycles. The van der Waals surface area contributed by atoms with Gasteiger partial charge in [0.1, 0.15) is 5.82 Å². The molecule has 1 unspecified atom stereocenters. The summed E-state index contributed by atoms with van der Waals surface area (Å²) in [6.07, 6.45) is 2.80. The maximum atomic E-state index is 13.3. The van der Waals surface area contributed by atoms with Gasteiger partial charge in [-0.2, -0.15) is 0 Å². The molecule has 2 heterocycles. The van der Waals surface area contributed by atoms with Crippen LogP contribution in [-0.2, 0) is 11.2 Å². The predicted octanol–water partition coefficient (Wildman–Crippen LogP) is 2.13. The van der Waals surface area contributed by atoms with Crippen molar-refractivity contribution >= 4 is 16.9 Å². The normalized spacial score (nSPS) is 17.2. The zero-order chi connectivity index (χ0) is 19.1. The summed E-state index contributed by atoms with van der Waals surface area (Å²) in [6, 6.07) is 5.27. The Morgan fingerprint density at radius 1 is 1.33 bits per heavy atom. The maximum Gasteiger partial charge on any atom is 0.191 e. The molecular weight excluding hydrogens is 345 g/mol. The van der Waals surface area contributed by atoms with Gasteiger partial charge in [-0.1, -0.05) is 0 Å². The van der Waals surface area contributed by atoms with E-state index in [2.05, 4.69) is 34.4 Å². The predicted molar refractivity (Wildman–Crippen MR) is 108 cm³/mol. The third-order valence-electron chi connectivity index (χ3n) is 4.94. The van der Waals surface area contributed by atoms with Crippen molar-refractivity contribution < 1.29 is 9.13 Å². The molecule has 7 heteroatoms. The average Bonchev–Trinajstić information content (AvgIpc) is 3.08. The van der Waals surface area contributed by atoms with Gasteiger partial charge in [-0.15, -0.1) is 0 Å². The van der Waals surface area contributed by atoms with Crippen molar-refractivity contribution in [2.45, 2.75) is 26.3 Å². The number of halogens is 1. The van der Waals surface area contributed by atoms with E-state index in [0.29, 0.717) is 6.04 Å². The van der Waals surface area contributed by atoms with Gasteiger partial charge in [-0.3, -0.25) is 9.89 Å². The van der Waals surface area contributed by atoms with E-state index in [0.717, 1.165) is 69.2 Å². The molecule has 1 aliphatic rings. The van der Waals surface area contributed by atoms with Crippen molar-refractivity contribution in [1.29, 1.82) is 0 Å². The van der Waals surface area contributed by atoms with E-state index in [4.69, 9.17) is 9.73 Å². The van der Waals surface area contributed by atoms with E-state index in [1.807, 2.05) is 12.3 Å². The highest BCUT2D eigenvalue weighted by Gasteiger charge is 2.16. The second kappa shape index (κ2) is 9.71. The van der Waals surface area contributed by atoms with Crippen LogP contribution in [0.5, 0.6) is 0 Å². The van der Waals surface area contributed by atoms with Crippen LogP contribution >= 0.6 is 0 Å². The number of hydrogen-bond acceptors (Lipinski definition) is 3. The summed E-state index contributed by atoms with van der Waals surface area (Å²) in [4.78, 5) is 10.3. The average molecular weight is 375 g/mol. The van der Waals surface area contributed by atoms with Crippen LogP contribution in [0, 0.1) is 5.82 Å². The quantitative estimate of drug-likeness (QED) is 0.512. The van der Waals surface area contributed by atoms with Gasteiger partial charge >= 0.3 is 0 Å². The summed E-state index contributed by atoms with van der Waals surface area (Å²) in [5, 5.41) is 7.78. The Hall–Kier alpha value is -2.12. The number of hydrogen-bond donors (Lipinski definition) is 3. The first-order valence-electron chi connectivity index (χ1n) is 9.77. The van der Waals surface area contributed by atoms with Crippen LogP contribution in [-0.4, -0.2) is 67.8 Å². The number of nitrogens with one attached hydrogen (secondary N) is 3. The van der Waals surface area contributed by atoms with Crippen molar-refractivity contribution in [2.24, 2.45) is 4.99 Å². The highest BCUT2D eigenvalue weighted by Crippen LogP contribution is 2.19. The maximum absolute atomic E-state index is 13.3. The number of fused-ring (bicyclic) bond motifs is 1. The highest BCUT2D eigenvalue weighted by atomic mass is 19.1. The standard InChI is InChI=1S/C20H30FN5O/c1-3-22-20(25-13-15(2)26-8-10-27-11-9-26)23-7-6-16-14-24-19-12-17(21)4-5-18(16)19/h4-5,12,14-15,24H,3,6-11,13H2,1-2H3,(H2,22,23,25). The van der Waals surface area contributed by atoms with E-state index in [1.54, 1.807) is 0 Å². The first-order valence-corrected chi connectivity index (χ1v) is 9.77. The van der Waals surface area contributed by atoms with Crippen molar-refractivity contribution in [3.63, 3.8) is 0 Å². The fourth-order valence-electron chi connectivity index (χ4n) is 3.38. The Morgan fingerprint density at radius 2 is 2.15 bits per heavy atom. The van der Waals surface area contributed by atoms with Gasteiger partial charge in [0, 0.05) is 49.3 Å². The molecule has 3 N–H and O–H groups in total. The number of aliphatic imine (C=N–C) groups is 1. The molecule has 0 saturated carbocycles. The Morgan fingerprint density at radius 3 is 2.93 bits per heavy atom. The molecule has 2 aromatic rings. The van der Waals surface area contributed by atoms with Gasteiger partial charge < -0.3 is 20.4 Å². The number of ether oxygens (including phenoxy) is 1. The number of aromatic amines is 1. The summed E-state index contributed by atoms with van der Waals surface area (Å²) in [6.45, 7) is 10.2. The lowest BCUT2D eigenvalue weighted by Gasteiger charge is -2.31. The number of benzene rings is 1. The fraction of sp³-hybridized carbons (Fsp3) is 0.550. The van der Waals surface area contributed by atoms with Crippen molar-refractivity contribution in [2.75, 3.05) is 45.9 Å². The number of H-pyrrole nitrogens is 1. The Bertz CT molecular complexity index is 754. The molecule has 1 saturated heterocycles. The van der Waals surface area contributed by atoms with Gasteiger partial charge in [0.15, 0.2) is 5.96 Å². The molecule has 1 fully saturated rings. The molecule has 0 bridgehead atoms. The van der Waals surface area contributed by atoms with Crippen molar-refractivity contribution in [1.82, 2.24) is 20.5 Å². The Kier molecular flexibility index (Phi) is 7.06. The van der Waals surface area contributed by atoms with Crippen molar-refractivity contribution in [3.8, 4) is 0 Å². The third kappa shape index (κ3) is 5.43. The van der Waals surface area contributed by atoms with Crippen LogP contribution in [0.3, 0.4) is 0 Å². The summed E-state index contributed by atoms with van der Waals surface area (Å²) >= 11 is 0. The number of morpholine rings is 1. The van der Waals surface area contributed by atoms with Crippen LogP contribution in [0.2, 0.25) is 0 Å². The zero-order valence-electron chi connectivity index (χ0n) is 16.2. The molecule has 27 heavy (non-hydrogen) atoms. The number of rotatable bonds is 7. The van der Waals surface area contributed by atoms with Crippen LogP contribution in [0.25, 0.3) is 10.9 Å². The van der Waals surface area contributed by atoms with E-state index in [9.17, 15) is 4.39 Å². The number of nitrogens with zero attached hydrogens (tertiary/aromatic N) is 2. The molecule has 1 atom stereocenters. The number of aromatic nitrogens is 1. The van der Waals surface area contributed by atoms with Crippen LogP contribution in [0.1, 0.15) is 19.4 Å². The first-order chi connectivity index (χ1) is 13.2. The SMILES string of the molecule is CCNC(=NCC(C)N1CCOCC1)NCCc1c[nH]c2cc(F)ccc12. The molecule has 0 radical (unpaired) electrons. The number of guanidine groups is 1. The van der Waals surface area contributed by atoms with Gasteiger partial charge in [0.25, 0.3) is 0 Å². The molecule has 0 amide bonds. The smallest absolute Gasteiger partial charge is 0.191 e. The molecule has 3 rings (SSSR count). The minimum Gasteiger partial charge on any atom is -0.379 e.